The van der Waals surface area contributed by atoms with Gasteiger partial charge in [0.05, 0.1) is 0 Å². The van der Waals surface area contributed by atoms with Crippen LogP contribution in [0.4, 0.5) is 0 Å². The van der Waals surface area contributed by atoms with Crippen LogP contribution >= 0.6 is 0 Å². The third-order valence-corrected chi connectivity index (χ3v) is 2.43. The molecule has 1 aliphatic carbocycles. The van der Waals surface area contributed by atoms with Crippen molar-refractivity contribution in [1.29, 1.82) is 0 Å². The highest BCUT2D eigenvalue weighted by molar-refractivity contribution is 6.14. The number of carbonyl (C=O) groups excluding carboxylic acids is 2. The van der Waals surface area contributed by atoms with E-state index in [0.717, 1.165) is 0 Å². The summed E-state index contributed by atoms with van der Waals surface area (Å²) in [4.78, 5) is 23.1. The van der Waals surface area contributed by atoms with Gasteiger partial charge in [0, 0.05) is 23.5 Å². The number of hydrogen-bond donors (Lipinski definition) is 0. The van der Waals surface area contributed by atoms with Crippen molar-refractivity contribution in [2.45, 2.75) is 27.2 Å². The summed E-state index contributed by atoms with van der Waals surface area (Å²) in [5.74, 6) is 0.0281. The number of ketones is 2. The molecule has 0 saturated heterocycles. The standard InChI is InChI=1S/C11H10O2.C2H6/c1-7-6-10(12)8-4-2-3-5-9(8)11(7)13;1-2/h2-5,7H,6H2,1H3;1-2H3. The van der Waals surface area contributed by atoms with Crippen LogP contribution in [-0.2, 0) is 0 Å². The van der Waals surface area contributed by atoms with Crippen LogP contribution in [0.15, 0.2) is 24.3 Å². The maximum atomic E-state index is 11.6. The third-order valence-electron chi connectivity index (χ3n) is 2.43. The first-order valence-electron chi connectivity index (χ1n) is 5.36. The van der Waals surface area contributed by atoms with E-state index in [-0.39, 0.29) is 17.5 Å². The Morgan fingerprint density at radius 2 is 1.60 bits per heavy atom. The molecule has 0 heterocycles. The molecule has 0 radical (unpaired) electrons. The van der Waals surface area contributed by atoms with E-state index in [4.69, 9.17) is 0 Å². The smallest absolute Gasteiger partial charge is 0.166 e. The minimum absolute atomic E-state index is 0.0858. The Morgan fingerprint density at radius 3 is 2.20 bits per heavy atom. The molecule has 80 valence electrons. The van der Waals surface area contributed by atoms with Crippen molar-refractivity contribution in [2.75, 3.05) is 0 Å². The first-order chi connectivity index (χ1) is 7.20. The van der Waals surface area contributed by atoms with E-state index < -0.39 is 0 Å². The number of rotatable bonds is 0. The lowest BCUT2D eigenvalue weighted by Gasteiger charge is -2.18. The number of fused-ring (bicyclic) bond motifs is 1. The van der Waals surface area contributed by atoms with Crippen molar-refractivity contribution in [3.05, 3.63) is 35.4 Å². The van der Waals surface area contributed by atoms with E-state index in [1.807, 2.05) is 13.8 Å². The van der Waals surface area contributed by atoms with Crippen molar-refractivity contribution >= 4 is 11.6 Å². The Labute approximate surface area is 90.3 Å². The van der Waals surface area contributed by atoms with Gasteiger partial charge in [-0.3, -0.25) is 9.59 Å². The predicted octanol–water partition coefficient (Wildman–Crippen LogP) is 3.12. The monoisotopic (exact) mass is 204 g/mol. The zero-order chi connectivity index (χ0) is 11.4. The lowest BCUT2D eigenvalue weighted by Crippen LogP contribution is -2.24. The summed E-state index contributed by atoms with van der Waals surface area (Å²) in [5.41, 5.74) is 1.18. The Kier molecular flexibility index (Phi) is 3.78. The highest BCUT2D eigenvalue weighted by Crippen LogP contribution is 2.24. The SMILES string of the molecule is CC.CC1CC(=O)c2ccccc2C1=O. The predicted molar refractivity (Wildman–Crippen MR) is 60.2 cm³/mol. The van der Waals surface area contributed by atoms with Crippen LogP contribution in [0.25, 0.3) is 0 Å². The molecular formula is C13H16O2. The molecule has 2 nitrogen and oxygen atoms in total. The molecule has 0 aromatic heterocycles. The summed E-state index contributed by atoms with van der Waals surface area (Å²) in [6.45, 7) is 5.80. The fourth-order valence-corrected chi connectivity index (χ4v) is 1.69. The molecular weight excluding hydrogens is 188 g/mol. The normalized spacial score (nSPS) is 19.0. The van der Waals surface area contributed by atoms with E-state index in [1.165, 1.54) is 0 Å². The molecule has 0 bridgehead atoms. The maximum Gasteiger partial charge on any atom is 0.166 e. The fraction of sp³-hybridized carbons (Fsp3) is 0.385. The molecule has 1 atom stereocenters. The third kappa shape index (κ3) is 2.14. The highest BCUT2D eigenvalue weighted by Gasteiger charge is 2.28. The van der Waals surface area contributed by atoms with Crippen molar-refractivity contribution < 1.29 is 9.59 Å². The Bertz CT molecular complexity index is 380. The molecule has 1 aromatic carbocycles. The lowest BCUT2D eigenvalue weighted by molar-refractivity contribution is 0.0835. The second-order valence-electron chi connectivity index (χ2n) is 3.44. The van der Waals surface area contributed by atoms with Gasteiger partial charge in [0.1, 0.15) is 0 Å². The van der Waals surface area contributed by atoms with E-state index in [1.54, 1.807) is 31.2 Å². The fourth-order valence-electron chi connectivity index (χ4n) is 1.69. The van der Waals surface area contributed by atoms with E-state index in [9.17, 15) is 9.59 Å². The molecule has 0 N–H and O–H groups in total. The topological polar surface area (TPSA) is 34.1 Å². The molecule has 1 aromatic rings. The van der Waals surface area contributed by atoms with Gasteiger partial charge < -0.3 is 0 Å². The molecule has 0 saturated carbocycles. The van der Waals surface area contributed by atoms with Gasteiger partial charge in [-0.05, 0) is 0 Å². The number of carbonyl (C=O) groups is 2. The van der Waals surface area contributed by atoms with Crippen LogP contribution in [0.2, 0.25) is 0 Å². The van der Waals surface area contributed by atoms with Crippen LogP contribution < -0.4 is 0 Å². The van der Waals surface area contributed by atoms with Crippen LogP contribution in [0.3, 0.4) is 0 Å². The first-order valence-corrected chi connectivity index (χ1v) is 5.36. The maximum absolute atomic E-state index is 11.6. The van der Waals surface area contributed by atoms with E-state index in [2.05, 4.69) is 0 Å². The van der Waals surface area contributed by atoms with Gasteiger partial charge in [0.15, 0.2) is 11.6 Å². The molecule has 1 aliphatic rings. The van der Waals surface area contributed by atoms with Gasteiger partial charge in [-0.25, -0.2) is 0 Å². The Balaban J connectivity index is 0.000000531. The number of hydrogen-bond acceptors (Lipinski definition) is 2. The molecule has 2 rings (SSSR count). The van der Waals surface area contributed by atoms with Gasteiger partial charge in [-0.2, -0.15) is 0 Å². The van der Waals surface area contributed by atoms with Gasteiger partial charge in [0.2, 0.25) is 0 Å². The average molecular weight is 204 g/mol. The largest absolute Gasteiger partial charge is 0.294 e. The highest BCUT2D eigenvalue weighted by atomic mass is 16.1. The van der Waals surface area contributed by atoms with Gasteiger partial charge in [-0.15, -0.1) is 0 Å². The average Bonchev–Trinajstić information content (AvgIpc) is 2.29. The lowest BCUT2D eigenvalue weighted by atomic mass is 9.83. The summed E-state index contributed by atoms with van der Waals surface area (Å²) in [5, 5.41) is 0. The Morgan fingerprint density at radius 1 is 1.07 bits per heavy atom. The summed E-state index contributed by atoms with van der Waals surface area (Å²) in [6.07, 6.45) is 0.357. The quantitative estimate of drug-likeness (QED) is 0.650. The second-order valence-corrected chi connectivity index (χ2v) is 3.44. The summed E-state index contributed by atoms with van der Waals surface area (Å²) >= 11 is 0. The van der Waals surface area contributed by atoms with E-state index >= 15 is 0 Å². The first kappa shape index (κ1) is 11.6. The van der Waals surface area contributed by atoms with Gasteiger partial charge >= 0.3 is 0 Å². The van der Waals surface area contributed by atoms with Crippen LogP contribution in [0.5, 0.6) is 0 Å². The minimum Gasteiger partial charge on any atom is -0.294 e. The molecule has 0 amide bonds. The van der Waals surface area contributed by atoms with Crippen molar-refractivity contribution in [1.82, 2.24) is 0 Å². The van der Waals surface area contributed by atoms with E-state index in [0.29, 0.717) is 17.5 Å². The molecule has 0 fully saturated rings. The minimum atomic E-state index is -0.151. The zero-order valence-electron chi connectivity index (χ0n) is 9.41. The zero-order valence-corrected chi connectivity index (χ0v) is 9.41. The van der Waals surface area contributed by atoms with Gasteiger partial charge in [0.25, 0.3) is 0 Å². The van der Waals surface area contributed by atoms with Crippen molar-refractivity contribution in [2.24, 2.45) is 5.92 Å². The molecule has 15 heavy (non-hydrogen) atoms. The van der Waals surface area contributed by atoms with Crippen LogP contribution in [0, 0.1) is 5.92 Å². The molecule has 0 spiro atoms. The van der Waals surface area contributed by atoms with Crippen molar-refractivity contribution in [3.8, 4) is 0 Å². The van der Waals surface area contributed by atoms with Crippen molar-refractivity contribution in [3.63, 3.8) is 0 Å². The number of Topliss-reactive ketones (excluding diaryl/α,β-unsaturated/α-hetero) is 2. The summed E-state index contributed by atoms with van der Waals surface area (Å²) in [6, 6.07) is 7.04. The van der Waals surface area contributed by atoms with Gasteiger partial charge in [-0.1, -0.05) is 45.0 Å². The summed E-state index contributed by atoms with van der Waals surface area (Å²) < 4.78 is 0. The molecule has 0 aliphatic heterocycles. The molecule has 1 unspecified atom stereocenters. The summed E-state index contributed by atoms with van der Waals surface area (Å²) in [7, 11) is 0. The van der Waals surface area contributed by atoms with Crippen LogP contribution in [-0.4, -0.2) is 11.6 Å². The molecule has 2 heteroatoms. The second kappa shape index (κ2) is 4.87. The Hall–Kier alpha value is -1.44. The van der Waals surface area contributed by atoms with Crippen LogP contribution in [0.1, 0.15) is 47.9 Å². The number of benzene rings is 1.